The molecule has 1 saturated heterocycles. The van der Waals surface area contributed by atoms with Crippen molar-refractivity contribution in [2.24, 2.45) is 0 Å². The zero-order valence-electron chi connectivity index (χ0n) is 13.3. The van der Waals surface area contributed by atoms with Crippen LogP contribution >= 0.6 is 0 Å². The quantitative estimate of drug-likeness (QED) is 0.849. The van der Waals surface area contributed by atoms with Gasteiger partial charge in [0.2, 0.25) is 0 Å². The summed E-state index contributed by atoms with van der Waals surface area (Å²) >= 11 is 0. The Morgan fingerprint density at radius 2 is 1.52 bits per heavy atom. The van der Waals surface area contributed by atoms with Crippen LogP contribution in [-0.2, 0) is 0 Å². The molecule has 2 heterocycles. The molecule has 2 aromatic rings. The van der Waals surface area contributed by atoms with Crippen LogP contribution in [0, 0.1) is 13.8 Å². The number of carbonyl (C=O) groups is 2. The number of nitrogens with zero attached hydrogens (tertiary/aromatic N) is 3. The highest BCUT2D eigenvalue weighted by atomic mass is 16.5. The van der Waals surface area contributed by atoms with Crippen LogP contribution in [0.3, 0.4) is 0 Å². The molecule has 1 aliphatic heterocycles. The lowest BCUT2D eigenvalue weighted by atomic mass is 10.1. The van der Waals surface area contributed by atoms with Crippen molar-refractivity contribution in [3.63, 3.8) is 0 Å². The van der Waals surface area contributed by atoms with Gasteiger partial charge in [-0.25, -0.2) is 0 Å². The molecule has 0 aliphatic carbocycles. The third-order valence-electron chi connectivity index (χ3n) is 4.12. The average molecular weight is 313 g/mol. The van der Waals surface area contributed by atoms with Crippen LogP contribution in [0.1, 0.15) is 32.2 Å². The molecule has 0 saturated carbocycles. The molecule has 0 bridgehead atoms. The molecule has 6 heteroatoms. The molecule has 1 aliphatic rings. The molecule has 0 unspecified atom stereocenters. The van der Waals surface area contributed by atoms with Crippen LogP contribution in [-0.4, -0.2) is 52.9 Å². The molecule has 0 spiro atoms. The minimum atomic E-state index is -0.0759. The van der Waals surface area contributed by atoms with Crippen molar-refractivity contribution in [3.8, 4) is 0 Å². The number of hydrogen-bond donors (Lipinski definition) is 0. The highest BCUT2D eigenvalue weighted by Crippen LogP contribution is 2.17. The zero-order valence-corrected chi connectivity index (χ0v) is 13.3. The second-order valence-electron chi connectivity index (χ2n) is 5.65. The Hall–Kier alpha value is -2.63. The fourth-order valence-corrected chi connectivity index (χ4v) is 2.82. The number of rotatable bonds is 2. The largest absolute Gasteiger partial charge is 0.361 e. The Bertz CT molecular complexity index is 696. The topological polar surface area (TPSA) is 66.7 Å². The summed E-state index contributed by atoms with van der Waals surface area (Å²) in [4.78, 5) is 28.5. The van der Waals surface area contributed by atoms with Crippen molar-refractivity contribution in [2.45, 2.75) is 13.8 Å². The summed E-state index contributed by atoms with van der Waals surface area (Å²) in [6, 6.07) is 9.21. The standard InChI is InChI=1S/C17H19N3O3/c1-12-15(13(2)23-18-12)17(22)20-10-8-19(9-11-20)16(21)14-6-4-3-5-7-14/h3-7H,8-11H2,1-2H3. The van der Waals surface area contributed by atoms with Gasteiger partial charge in [0.05, 0.1) is 5.69 Å². The summed E-state index contributed by atoms with van der Waals surface area (Å²) < 4.78 is 5.06. The molecule has 2 amide bonds. The van der Waals surface area contributed by atoms with Crippen molar-refractivity contribution in [1.29, 1.82) is 0 Å². The van der Waals surface area contributed by atoms with Gasteiger partial charge in [0.1, 0.15) is 11.3 Å². The predicted octanol–water partition coefficient (Wildman–Crippen LogP) is 1.89. The van der Waals surface area contributed by atoms with E-state index in [-0.39, 0.29) is 11.8 Å². The van der Waals surface area contributed by atoms with Gasteiger partial charge in [0.25, 0.3) is 11.8 Å². The SMILES string of the molecule is Cc1noc(C)c1C(=O)N1CCN(C(=O)c2ccccc2)CC1. The zero-order chi connectivity index (χ0) is 16.4. The second-order valence-corrected chi connectivity index (χ2v) is 5.65. The van der Waals surface area contributed by atoms with Gasteiger partial charge in [-0.15, -0.1) is 0 Å². The number of carbonyl (C=O) groups excluding carboxylic acids is 2. The predicted molar refractivity (Wildman–Crippen MR) is 84.2 cm³/mol. The molecule has 1 fully saturated rings. The van der Waals surface area contributed by atoms with Crippen molar-refractivity contribution in [3.05, 3.63) is 52.9 Å². The minimum absolute atomic E-state index is 0.00929. The lowest BCUT2D eigenvalue weighted by molar-refractivity contribution is 0.0534. The maximum Gasteiger partial charge on any atom is 0.259 e. The number of aromatic nitrogens is 1. The Morgan fingerprint density at radius 1 is 0.957 bits per heavy atom. The highest BCUT2D eigenvalue weighted by molar-refractivity contribution is 5.97. The first kappa shape index (κ1) is 15.3. The Balaban J connectivity index is 1.65. The van der Waals surface area contributed by atoms with E-state index in [2.05, 4.69) is 5.16 Å². The first-order valence-corrected chi connectivity index (χ1v) is 7.64. The number of amides is 2. The van der Waals surface area contributed by atoms with E-state index in [9.17, 15) is 9.59 Å². The Labute approximate surface area is 134 Å². The third kappa shape index (κ3) is 2.97. The van der Waals surface area contributed by atoms with Gasteiger partial charge < -0.3 is 14.3 Å². The molecule has 6 nitrogen and oxygen atoms in total. The maximum atomic E-state index is 12.6. The normalized spacial score (nSPS) is 14.9. The van der Waals surface area contributed by atoms with Crippen molar-refractivity contribution in [1.82, 2.24) is 15.0 Å². The van der Waals surface area contributed by atoms with Crippen LogP contribution in [0.2, 0.25) is 0 Å². The van der Waals surface area contributed by atoms with Crippen molar-refractivity contribution >= 4 is 11.8 Å². The lowest BCUT2D eigenvalue weighted by Gasteiger charge is -2.34. The molecule has 120 valence electrons. The smallest absolute Gasteiger partial charge is 0.259 e. The first-order chi connectivity index (χ1) is 11.1. The molecule has 0 radical (unpaired) electrons. The van der Waals surface area contributed by atoms with Crippen molar-refractivity contribution < 1.29 is 14.1 Å². The summed E-state index contributed by atoms with van der Waals surface area (Å²) in [5.41, 5.74) is 1.82. The van der Waals surface area contributed by atoms with Crippen LogP contribution in [0.15, 0.2) is 34.9 Å². The third-order valence-corrected chi connectivity index (χ3v) is 4.12. The number of piperazine rings is 1. The van der Waals surface area contributed by atoms with Gasteiger partial charge in [0.15, 0.2) is 0 Å². The molecular weight excluding hydrogens is 294 g/mol. The fourth-order valence-electron chi connectivity index (χ4n) is 2.82. The van der Waals surface area contributed by atoms with E-state index in [1.165, 1.54) is 0 Å². The summed E-state index contributed by atoms with van der Waals surface area (Å²) in [6.07, 6.45) is 0. The monoisotopic (exact) mass is 313 g/mol. The van der Waals surface area contributed by atoms with E-state index < -0.39 is 0 Å². The minimum Gasteiger partial charge on any atom is -0.361 e. The van der Waals surface area contributed by atoms with Gasteiger partial charge in [-0.1, -0.05) is 23.4 Å². The second kappa shape index (κ2) is 6.24. The van der Waals surface area contributed by atoms with E-state index >= 15 is 0 Å². The molecule has 1 aromatic carbocycles. The van der Waals surface area contributed by atoms with Gasteiger partial charge >= 0.3 is 0 Å². The number of benzene rings is 1. The molecule has 23 heavy (non-hydrogen) atoms. The Morgan fingerprint density at radius 3 is 2.04 bits per heavy atom. The lowest BCUT2D eigenvalue weighted by Crippen LogP contribution is -2.50. The van der Waals surface area contributed by atoms with Crippen LogP contribution in [0.25, 0.3) is 0 Å². The molecular formula is C17H19N3O3. The first-order valence-electron chi connectivity index (χ1n) is 7.64. The van der Waals surface area contributed by atoms with Crippen LogP contribution in [0.4, 0.5) is 0 Å². The Kier molecular flexibility index (Phi) is 4.14. The van der Waals surface area contributed by atoms with Crippen molar-refractivity contribution in [2.75, 3.05) is 26.2 Å². The van der Waals surface area contributed by atoms with E-state index in [4.69, 9.17) is 4.52 Å². The summed E-state index contributed by atoms with van der Waals surface area (Å²) in [5, 5.41) is 3.83. The van der Waals surface area contributed by atoms with Gasteiger partial charge in [-0.2, -0.15) is 0 Å². The number of hydrogen-bond acceptors (Lipinski definition) is 4. The fraction of sp³-hybridized carbons (Fsp3) is 0.353. The van der Waals surface area contributed by atoms with Crippen LogP contribution < -0.4 is 0 Å². The number of aryl methyl sites for hydroxylation is 2. The van der Waals surface area contributed by atoms with Gasteiger partial charge in [-0.3, -0.25) is 9.59 Å². The molecule has 0 N–H and O–H groups in total. The average Bonchev–Trinajstić information content (AvgIpc) is 2.93. The van der Waals surface area contributed by atoms with E-state index in [1.54, 1.807) is 23.6 Å². The summed E-state index contributed by atoms with van der Waals surface area (Å²) in [5.74, 6) is 0.471. The molecule has 3 rings (SSSR count). The van der Waals surface area contributed by atoms with E-state index in [1.807, 2.05) is 30.3 Å². The van der Waals surface area contributed by atoms with E-state index in [0.29, 0.717) is 48.8 Å². The maximum absolute atomic E-state index is 12.6. The highest BCUT2D eigenvalue weighted by Gasteiger charge is 2.28. The van der Waals surface area contributed by atoms with Gasteiger partial charge in [0, 0.05) is 31.7 Å². The molecule has 1 aromatic heterocycles. The van der Waals surface area contributed by atoms with Crippen LogP contribution in [0.5, 0.6) is 0 Å². The summed E-state index contributed by atoms with van der Waals surface area (Å²) in [6.45, 7) is 5.59. The van der Waals surface area contributed by atoms with Gasteiger partial charge in [-0.05, 0) is 26.0 Å². The molecule has 0 atom stereocenters. The summed E-state index contributed by atoms with van der Waals surface area (Å²) in [7, 11) is 0. The van der Waals surface area contributed by atoms with E-state index in [0.717, 1.165) is 0 Å².